The Labute approximate surface area is 185 Å². The average molecular weight is 504 g/mol. The lowest BCUT2D eigenvalue weighted by atomic mass is 10.1. The molecule has 0 radical (unpaired) electrons. The highest BCUT2D eigenvalue weighted by Gasteiger charge is 2.23. The minimum Gasteiger partial charge on any atom is -0.494 e. The van der Waals surface area contributed by atoms with Crippen LogP contribution < -0.4 is 15.8 Å². The van der Waals surface area contributed by atoms with E-state index in [0.717, 1.165) is 43.6 Å². The Hall–Kier alpha value is -1.71. The molecule has 0 unspecified atom stereocenters. The number of ether oxygens (including phenoxy) is 2. The van der Waals surface area contributed by atoms with Gasteiger partial charge < -0.3 is 25.4 Å². The van der Waals surface area contributed by atoms with Crippen LogP contribution in [0.5, 0.6) is 5.75 Å². The van der Waals surface area contributed by atoms with Crippen LogP contribution in [0.3, 0.4) is 0 Å². The van der Waals surface area contributed by atoms with Crippen LogP contribution in [-0.4, -0.2) is 49.3 Å². The standard InChI is InChI=1S/C20H32N4O3.HI/c1-3-5-13-27-18-8-6-7-16(14-18)15-22-19(21)23-17-9-11-24(12-10-17)20(25)26-4-2;/h6-8,14,17H,3-5,9-13,15H2,1-2H3,(H3,21,22,23);1H. The summed E-state index contributed by atoms with van der Waals surface area (Å²) in [4.78, 5) is 17.9. The summed E-state index contributed by atoms with van der Waals surface area (Å²) in [6.45, 7) is 6.94. The largest absolute Gasteiger partial charge is 0.494 e. The molecular formula is C20H33IN4O3. The Morgan fingerprint density at radius 2 is 2.07 bits per heavy atom. The topological polar surface area (TPSA) is 89.2 Å². The molecule has 0 spiro atoms. The van der Waals surface area contributed by atoms with Gasteiger partial charge in [0.05, 0.1) is 19.8 Å². The van der Waals surface area contributed by atoms with Gasteiger partial charge in [-0.15, -0.1) is 24.0 Å². The highest BCUT2D eigenvalue weighted by Crippen LogP contribution is 2.15. The molecule has 0 bridgehead atoms. The van der Waals surface area contributed by atoms with Crippen molar-refractivity contribution in [1.29, 1.82) is 0 Å². The molecule has 158 valence electrons. The van der Waals surface area contributed by atoms with Gasteiger partial charge in [-0.1, -0.05) is 25.5 Å². The van der Waals surface area contributed by atoms with E-state index in [1.54, 1.807) is 4.90 Å². The van der Waals surface area contributed by atoms with Crippen LogP contribution in [0.1, 0.15) is 45.1 Å². The van der Waals surface area contributed by atoms with Crippen molar-refractivity contribution in [3.63, 3.8) is 0 Å². The van der Waals surface area contributed by atoms with Crippen molar-refractivity contribution in [3.8, 4) is 5.75 Å². The second-order valence-electron chi connectivity index (χ2n) is 6.66. The smallest absolute Gasteiger partial charge is 0.409 e. The molecule has 2 rings (SSSR count). The van der Waals surface area contributed by atoms with E-state index in [4.69, 9.17) is 15.2 Å². The van der Waals surface area contributed by atoms with Crippen LogP contribution in [0.15, 0.2) is 29.3 Å². The molecule has 0 saturated carbocycles. The molecule has 1 fully saturated rings. The van der Waals surface area contributed by atoms with Crippen LogP contribution in [0.25, 0.3) is 0 Å². The molecule has 1 aliphatic rings. The molecular weight excluding hydrogens is 471 g/mol. The third-order valence-electron chi connectivity index (χ3n) is 4.47. The molecule has 1 heterocycles. The number of guanidine groups is 1. The molecule has 1 aliphatic heterocycles. The normalized spacial score (nSPS) is 14.9. The van der Waals surface area contributed by atoms with Crippen molar-refractivity contribution in [2.75, 3.05) is 26.3 Å². The molecule has 0 aliphatic carbocycles. The fraction of sp³-hybridized carbons (Fsp3) is 0.600. The van der Waals surface area contributed by atoms with E-state index in [1.807, 2.05) is 31.2 Å². The van der Waals surface area contributed by atoms with Gasteiger partial charge >= 0.3 is 6.09 Å². The number of rotatable bonds is 8. The van der Waals surface area contributed by atoms with Gasteiger partial charge in [0.25, 0.3) is 0 Å². The number of amides is 1. The lowest BCUT2D eigenvalue weighted by Crippen LogP contribution is -2.48. The number of aliphatic imine (C=N–C) groups is 1. The van der Waals surface area contributed by atoms with Gasteiger partial charge in [0.15, 0.2) is 5.96 Å². The first-order chi connectivity index (χ1) is 13.1. The van der Waals surface area contributed by atoms with Crippen molar-refractivity contribution in [3.05, 3.63) is 29.8 Å². The zero-order valence-electron chi connectivity index (χ0n) is 16.9. The number of benzene rings is 1. The van der Waals surface area contributed by atoms with E-state index in [-0.39, 0.29) is 36.1 Å². The minimum atomic E-state index is -0.237. The van der Waals surface area contributed by atoms with Gasteiger partial charge in [-0.25, -0.2) is 9.79 Å². The van der Waals surface area contributed by atoms with E-state index >= 15 is 0 Å². The Bertz CT molecular complexity index is 619. The van der Waals surface area contributed by atoms with E-state index in [9.17, 15) is 4.79 Å². The number of unbranched alkanes of at least 4 members (excludes halogenated alkanes) is 1. The van der Waals surface area contributed by atoms with E-state index in [2.05, 4.69) is 17.2 Å². The maximum Gasteiger partial charge on any atom is 0.409 e. The molecule has 1 amide bonds. The predicted octanol–water partition coefficient (Wildman–Crippen LogP) is 3.51. The second kappa shape index (κ2) is 13.5. The number of carbonyl (C=O) groups is 1. The van der Waals surface area contributed by atoms with Crippen molar-refractivity contribution in [1.82, 2.24) is 10.2 Å². The van der Waals surface area contributed by atoms with Crippen LogP contribution in [-0.2, 0) is 11.3 Å². The third kappa shape index (κ3) is 8.53. The number of halogens is 1. The number of nitrogens with two attached hydrogens (primary N) is 1. The lowest BCUT2D eigenvalue weighted by molar-refractivity contribution is 0.0963. The average Bonchev–Trinajstić information content (AvgIpc) is 2.68. The van der Waals surface area contributed by atoms with Crippen molar-refractivity contribution >= 4 is 36.0 Å². The number of nitrogens with one attached hydrogen (secondary N) is 1. The van der Waals surface area contributed by atoms with E-state index in [0.29, 0.717) is 32.2 Å². The summed E-state index contributed by atoms with van der Waals surface area (Å²) in [5.74, 6) is 1.30. The molecule has 28 heavy (non-hydrogen) atoms. The molecule has 0 atom stereocenters. The summed E-state index contributed by atoms with van der Waals surface area (Å²) in [6.07, 6.45) is 3.59. The number of hydrogen-bond acceptors (Lipinski definition) is 4. The molecule has 1 saturated heterocycles. The fourth-order valence-corrected chi connectivity index (χ4v) is 2.92. The van der Waals surface area contributed by atoms with Crippen LogP contribution in [0.4, 0.5) is 4.79 Å². The van der Waals surface area contributed by atoms with Crippen molar-refractivity contribution in [2.45, 2.75) is 52.1 Å². The molecule has 7 nitrogen and oxygen atoms in total. The van der Waals surface area contributed by atoms with E-state index < -0.39 is 0 Å². The monoisotopic (exact) mass is 504 g/mol. The van der Waals surface area contributed by atoms with Crippen LogP contribution in [0.2, 0.25) is 0 Å². The number of nitrogens with zero attached hydrogens (tertiary/aromatic N) is 2. The molecule has 3 N–H and O–H groups in total. The summed E-state index contributed by atoms with van der Waals surface area (Å²) in [7, 11) is 0. The Balaban J connectivity index is 0.00000392. The second-order valence-corrected chi connectivity index (χ2v) is 6.66. The zero-order valence-corrected chi connectivity index (χ0v) is 19.2. The zero-order chi connectivity index (χ0) is 19.5. The maximum absolute atomic E-state index is 11.7. The molecule has 8 heteroatoms. The van der Waals surface area contributed by atoms with Gasteiger partial charge in [0.2, 0.25) is 0 Å². The van der Waals surface area contributed by atoms with Crippen LogP contribution in [0, 0.1) is 0 Å². The van der Waals surface area contributed by atoms with Crippen LogP contribution >= 0.6 is 24.0 Å². The quantitative estimate of drug-likeness (QED) is 0.245. The van der Waals surface area contributed by atoms with Gasteiger partial charge in [-0.2, -0.15) is 0 Å². The SMILES string of the molecule is CCCCOc1cccc(CN=C(N)NC2CCN(C(=O)OCC)CC2)c1.I. The molecule has 1 aromatic carbocycles. The third-order valence-corrected chi connectivity index (χ3v) is 4.47. The first-order valence-corrected chi connectivity index (χ1v) is 9.82. The summed E-state index contributed by atoms with van der Waals surface area (Å²) in [5.41, 5.74) is 7.09. The van der Waals surface area contributed by atoms with Gasteiger partial charge in [0, 0.05) is 19.1 Å². The van der Waals surface area contributed by atoms with Crippen molar-refractivity contribution < 1.29 is 14.3 Å². The molecule has 0 aromatic heterocycles. The van der Waals surface area contributed by atoms with Gasteiger partial charge in [0.1, 0.15) is 5.75 Å². The number of likely N-dealkylation sites (tertiary alicyclic amines) is 1. The summed E-state index contributed by atoms with van der Waals surface area (Å²) < 4.78 is 10.8. The predicted molar refractivity (Wildman–Crippen MR) is 122 cm³/mol. The first-order valence-electron chi connectivity index (χ1n) is 9.82. The van der Waals surface area contributed by atoms with Crippen molar-refractivity contribution in [2.24, 2.45) is 10.7 Å². The van der Waals surface area contributed by atoms with Gasteiger partial charge in [-0.05, 0) is 43.9 Å². The fourth-order valence-electron chi connectivity index (χ4n) is 2.92. The Morgan fingerprint density at radius 3 is 2.75 bits per heavy atom. The lowest BCUT2D eigenvalue weighted by Gasteiger charge is -2.31. The molecule has 1 aromatic rings. The first kappa shape index (κ1) is 24.3. The number of carbonyl (C=O) groups excluding carboxylic acids is 1. The Morgan fingerprint density at radius 1 is 1.32 bits per heavy atom. The number of piperidine rings is 1. The summed E-state index contributed by atoms with van der Waals surface area (Å²) in [5, 5.41) is 3.25. The Kier molecular flexibility index (Phi) is 11.7. The van der Waals surface area contributed by atoms with E-state index in [1.165, 1.54) is 0 Å². The highest BCUT2D eigenvalue weighted by atomic mass is 127. The number of hydrogen-bond donors (Lipinski definition) is 2. The maximum atomic E-state index is 11.7. The minimum absolute atomic E-state index is 0. The summed E-state index contributed by atoms with van der Waals surface area (Å²) >= 11 is 0. The summed E-state index contributed by atoms with van der Waals surface area (Å²) in [6, 6.07) is 8.18. The highest BCUT2D eigenvalue weighted by molar-refractivity contribution is 14.0. The van der Waals surface area contributed by atoms with Gasteiger partial charge in [-0.3, -0.25) is 0 Å².